The van der Waals surface area contributed by atoms with Gasteiger partial charge in [0.25, 0.3) is 0 Å². The van der Waals surface area contributed by atoms with Crippen molar-refractivity contribution in [1.29, 1.82) is 0 Å². The first-order valence-corrected chi connectivity index (χ1v) is 8.23. The summed E-state index contributed by atoms with van der Waals surface area (Å²) in [4.78, 5) is 16.0. The number of sulfone groups is 1. The molecule has 2 fully saturated rings. The Labute approximate surface area is 108 Å². The summed E-state index contributed by atoms with van der Waals surface area (Å²) >= 11 is 0. The molecular formula is C11H21N3O3S. The van der Waals surface area contributed by atoms with E-state index in [9.17, 15) is 13.2 Å². The van der Waals surface area contributed by atoms with E-state index in [0.717, 1.165) is 19.6 Å². The van der Waals surface area contributed by atoms with Crippen LogP contribution in [-0.4, -0.2) is 80.9 Å². The predicted octanol–water partition coefficient (Wildman–Crippen LogP) is -1.46. The Bertz CT molecular complexity index is 396. The summed E-state index contributed by atoms with van der Waals surface area (Å²) in [7, 11) is -2.86. The largest absolute Gasteiger partial charge is 0.336 e. The number of carbonyl (C=O) groups excluding carboxylic acids is 1. The smallest absolute Gasteiger partial charge is 0.237 e. The molecule has 104 valence electrons. The second kappa shape index (κ2) is 5.54. The number of piperazine rings is 1. The van der Waals surface area contributed by atoms with Crippen molar-refractivity contribution in [2.45, 2.75) is 13.0 Å². The van der Waals surface area contributed by atoms with Gasteiger partial charge in [0, 0.05) is 38.8 Å². The third-order valence-electron chi connectivity index (χ3n) is 3.62. The van der Waals surface area contributed by atoms with E-state index in [-0.39, 0.29) is 23.5 Å². The van der Waals surface area contributed by atoms with Crippen LogP contribution in [0.15, 0.2) is 0 Å². The van der Waals surface area contributed by atoms with Gasteiger partial charge < -0.3 is 10.2 Å². The van der Waals surface area contributed by atoms with Crippen LogP contribution in [0.4, 0.5) is 0 Å². The minimum absolute atomic E-state index is 0.114. The van der Waals surface area contributed by atoms with E-state index in [0.29, 0.717) is 19.6 Å². The number of rotatable bonds is 2. The maximum Gasteiger partial charge on any atom is 0.237 e. The summed E-state index contributed by atoms with van der Waals surface area (Å²) in [6.45, 7) is 5.75. The Morgan fingerprint density at radius 1 is 1.28 bits per heavy atom. The molecule has 18 heavy (non-hydrogen) atoms. The lowest BCUT2D eigenvalue weighted by atomic mass is 10.2. The average Bonchev–Trinajstić information content (AvgIpc) is 2.32. The summed E-state index contributed by atoms with van der Waals surface area (Å²) < 4.78 is 22.6. The molecule has 2 heterocycles. The van der Waals surface area contributed by atoms with Gasteiger partial charge in [-0.2, -0.15) is 0 Å². The van der Waals surface area contributed by atoms with Crippen LogP contribution < -0.4 is 5.32 Å². The molecule has 1 N–H and O–H groups in total. The van der Waals surface area contributed by atoms with E-state index in [2.05, 4.69) is 5.32 Å². The highest BCUT2D eigenvalue weighted by molar-refractivity contribution is 7.91. The van der Waals surface area contributed by atoms with Gasteiger partial charge in [0.15, 0.2) is 9.84 Å². The van der Waals surface area contributed by atoms with Gasteiger partial charge in [0.05, 0.1) is 18.1 Å². The van der Waals surface area contributed by atoms with Crippen LogP contribution in [-0.2, 0) is 14.6 Å². The van der Waals surface area contributed by atoms with E-state index in [1.54, 1.807) is 0 Å². The van der Waals surface area contributed by atoms with Crippen LogP contribution >= 0.6 is 0 Å². The first-order chi connectivity index (χ1) is 8.48. The predicted molar refractivity (Wildman–Crippen MR) is 69.1 cm³/mol. The number of amides is 1. The Hall–Kier alpha value is -0.660. The van der Waals surface area contributed by atoms with E-state index in [1.807, 2.05) is 16.7 Å². The van der Waals surface area contributed by atoms with Gasteiger partial charge in [-0.05, 0) is 6.92 Å². The van der Waals surface area contributed by atoms with Crippen molar-refractivity contribution in [3.05, 3.63) is 0 Å². The highest BCUT2D eigenvalue weighted by Crippen LogP contribution is 2.07. The van der Waals surface area contributed by atoms with Gasteiger partial charge in [-0.1, -0.05) is 0 Å². The fourth-order valence-corrected chi connectivity index (χ4v) is 3.68. The summed E-state index contributed by atoms with van der Waals surface area (Å²) in [6, 6.07) is 0.222. The summed E-state index contributed by atoms with van der Waals surface area (Å²) in [5.74, 6) is 0.470. The topological polar surface area (TPSA) is 69.7 Å². The van der Waals surface area contributed by atoms with Crippen molar-refractivity contribution in [2.75, 3.05) is 50.8 Å². The molecule has 0 saturated carbocycles. The third kappa shape index (κ3) is 3.43. The number of nitrogens with one attached hydrogen (secondary N) is 1. The van der Waals surface area contributed by atoms with Crippen LogP contribution in [0.25, 0.3) is 0 Å². The highest BCUT2D eigenvalue weighted by atomic mass is 32.2. The molecule has 2 rings (SSSR count). The Balaban J connectivity index is 1.84. The molecule has 7 heteroatoms. The number of carbonyl (C=O) groups is 1. The molecule has 0 aromatic heterocycles. The van der Waals surface area contributed by atoms with Crippen molar-refractivity contribution >= 4 is 15.7 Å². The maximum atomic E-state index is 12.1. The lowest BCUT2D eigenvalue weighted by Gasteiger charge is -2.36. The number of hydrogen-bond acceptors (Lipinski definition) is 5. The zero-order valence-corrected chi connectivity index (χ0v) is 11.6. The summed E-state index contributed by atoms with van der Waals surface area (Å²) in [6.07, 6.45) is 0. The normalized spacial score (nSPS) is 29.2. The molecule has 0 aliphatic carbocycles. The zero-order chi connectivity index (χ0) is 13.2. The Morgan fingerprint density at radius 2 is 1.94 bits per heavy atom. The number of hydrogen-bond donors (Lipinski definition) is 1. The van der Waals surface area contributed by atoms with Gasteiger partial charge >= 0.3 is 0 Å². The van der Waals surface area contributed by atoms with Crippen LogP contribution in [0.3, 0.4) is 0 Å². The molecule has 6 nitrogen and oxygen atoms in total. The minimum atomic E-state index is -2.86. The monoisotopic (exact) mass is 275 g/mol. The molecule has 0 unspecified atom stereocenters. The molecule has 1 atom stereocenters. The van der Waals surface area contributed by atoms with Gasteiger partial charge in [0.1, 0.15) is 0 Å². The molecule has 0 bridgehead atoms. The van der Waals surface area contributed by atoms with E-state index in [4.69, 9.17) is 0 Å². The molecule has 0 spiro atoms. The van der Waals surface area contributed by atoms with Gasteiger partial charge in [-0.25, -0.2) is 8.42 Å². The summed E-state index contributed by atoms with van der Waals surface area (Å²) in [5.41, 5.74) is 0. The van der Waals surface area contributed by atoms with Crippen LogP contribution in [0, 0.1) is 0 Å². The standard InChI is InChI=1S/C11H21N3O3S/c1-10-8-12-2-3-14(10)11(15)9-13-4-6-18(16,17)7-5-13/h10,12H,2-9H2,1H3/t10-/m0/s1. The van der Waals surface area contributed by atoms with Gasteiger partial charge in [-0.3, -0.25) is 9.69 Å². The quantitative estimate of drug-likeness (QED) is 0.667. The first-order valence-electron chi connectivity index (χ1n) is 6.41. The van der Waals surface area contributed by atoms with Crippen molar-refractivity contribution in [3.63, 3.8) is 0 Å². The Morgan fingerprint density at radius 3 is 2.56 bits per heavy atom. The van der Waals surface area contributed by atoms with Crippen molar-refractivity contribution in [2.24, 2.45) is 0 Å². The number of nitrogens with zero attached hydrogens (tertiary/aromatic N) is 2. The fraction of sp³-hybridized carbons (Fsp3) is 0.909. The third-order valence-corrected chi connectivity index (χ3v) is 5.23. The van der Waals surface area contributed by atoms with Crippen molar-refractivity contribution < 1.29 is 13.2 Å². The highest BCUT2D eigenvalue weighted by Gasteiger charge is 2.27. The lowest BCUT2D eigenvalue weighted by Crippen LogP contribution is -2.55. The Kier molecular flexibility index (Phi) is 4.24. The molecule has 2 saturated heterocycles. The molecular weight excluding hydrogens is 254 g/mol. The first kappa shape index (κ1) is 13.8. The van der Waals surface area contributed by atoms with Crippen LogP contribution in [0.5, 0.6) is 0 Å². The van der Waals surface area contributed by atoms with Gasteiger partial charge in [0.2, 0.25) is 5.91 Å². The van der Waals surface area contributed by atoms with Crippen molar-refractivity contribution in [3.8, 4) is 0 Å². The molecule has 0 aromatic carbocycles. The van der Waals surface area contributed by atoms with Crippen LogP contribution in [0.1, 0.15) is 6.92 Å². The summed E-state index contributed by atoms with van der Waals surface area (Å²) in [5, 5.41) is 3.25. The van der Waals surface area contributed by atoms with Crippen molar-refractivity contribution in [1.82, 2.24) is 15.1 Å². The lowest BCUT2D eigenvalue weighted by molar-refractivity contribution is -0.135. The van der Waals surface area contributed by atoms with E-state index in [1.165, 1.54) is 0 Å². The van der Waals surface area contributed by atoms with Gasteiger partial charge in [-0.15, -0.1) is 0 Å². The fourth-order valence-electron chi connectivity index (χ4n) is 2.40. The van der Waals surface area contributed by atoms with E-state index >= 15 is 0 Å². The van der Waals surface area contributed by atoms with Crippen LogP contribution in [0.2, 0.25) is 0 Å². The maximum absolute atomic E-state index is 12.1. The van der Waals surface area contributed by atoms with E-state index < -0.39 is 9.84 Å². The average molecular weight is 275 g/mol. The second-order valence-corrected chi connectivity index (χ2v) is 7.37. The second-order valence-electron chi connectivity index (χ2n) is 5.07. The zero-order valence-electron chi connectivity index (χ0n) is 10.8. The molecule has 0 aromatic rings. The molecule has 1 amide bonds. The molecule has 0 radical (unpaired) electrons. The SMILES string of the molecule is C[C@H]1CNCCN1C(=O)CN1CCS(=O)(=O)CC1. The molecule has 2 aliphatic heterocycles. The minimum Gasteiger partial charge on any atom is -0.336 e. The molecule has 2 aliphatic rings.